The number of para-hydroxylation sites is 1. The molecule has 0 aliphatic heterocycles. The Hall–Kier alpha value is -3.74. The van der Waals surface area contributed by atoms with Crippen LogP contribution < -0.4 is 4.74 Å². The summed E-state index contributed by atoms with van der Waals surface area (Å²) in [5.74, 6) is 0.0621. The highest BCUT2D eigenvalue weighted by Crippen LogP contribution is 2.25. The predicted octanol–water partition coefficient (Wildman–Crippen LogP) is 4.51. The van der Waals surface area contributed by atoms with E-state index < -0.39 is 11.9 Å². The number of nitrogens with zero attached hydrogens (tertiary/aromatic N) is 3. The lowest BCUT2D eigenvalue weighted by Gasteiger charge is -2.08. The minimum Gasteiger partial charge on any atom is -0.465 e. The summed E-state index contributed by atoms with van der Waals surface area (Å²) in [6.07, 6.45) is 0. The van der Waals surface area contributed by atoms with Gasteiger partial charge in [0.2, 0.25) is 5.95 Å². The van der Waals surface area contributed by atoms with Crippen molar-refractivity contribution in [2.24, 2.45) is 0 Å². The number of fused-ring (bicyclic) bond motifs is 1. The highest BCUT2D eigenvalue weighted by Gasteiger charge is 2.21. The Bertz CT molecular complexity index is 1170. The average Bonchev–Trinajstić information content (AvgIpc) is 3.04. The van der Waals surface area contributed by atoms with Crippen LogP contribution >= 0.6 is 0 Å². The number of aryl methyl sites for hydroxylation is 1. The van der Waals surface area contributed by atoms with Crippen LogP contribution in [0.25, 0.3) is 11.0 Å². The third kappa shape index (κ3) is 3.80. The molecule has 0 saturated heterocycles. The lowest BCUT2D eigenvalue weighted by Crippen LogP contribution is -2.06. The summed E-state index contributed by atoms with van der Waals surface area (Å²) in [5, 5.41) is 4.00. The van der Waals surface area contributed by atoms with Gasteiger partial charge in [-0.15, -0.1) is 5.10 Å². The van der Waals surface area contributed by atoms with Gasteiger partial charge >= 0.3 is 5.97 Å². The second-order valence-corrected chi connectivity index (χ2v) is 6.51. The van der Waals surface area contributed by atoms with Gasteiger partial charge in [0.25, 0.3) is 0 Å². The number of halogens is 1. The molecule has 0 atom stereocenters. The fourth-order valence-electron chi connectivity index (χ4n) is 3.09. The number of benzene rings is 2. The van der Waals surface area contributed by atoms with Gasteiger partial charge in [0.15, 0.2) is 5.65 Å². The molecule has 0 spiro atoms. The van der Waals surface area contributed by atoms with Crippen molar-refractivity contribution in [1.29, 1.82) is 0 Å². The van der Waals surface area contributed by atoms with Crippen molar-refractivity contribution in [1.82, 2.24) is 14.8 Å². The van der Waals surface area contributed by atoms with Gasteiger partial charge in [-0.05, 0) is 42.8 Å². The number of aromatic nitrogens is 3. The first-order valence-electron chi connectivity index (χ1n) is 8.99. The number of methoxy groups -OCH3 is 1. The quantitative estimate of drug-likeness (QED) is 0.469. The van der Waals surface area contributed by atoms with E-state index in [9.17, 15) is 9.18 Å². The van der Waals surface area contributed by atoms with Gasteiger partial charge in [-0.2, -0.15) is 4.39 Å². The molecule has 0 N–H and O–H groups in total. The molecule has 2 aromatic carbocycles. The van der Waals surface area contributed by atoms with Crippen LogP contribution in [0.1, 0.15) is 21.6 Å². The van der Waals surface area contributed by atoms with Crippen molar-refractivity contribution in [3.8, 4) is 11.5 Å². The lowest BCUT2D eigenvalue weighted by molar-refractivity contribution is 0.0602. The van der Waals surface area contributed by atoms with Crippen LogP contribution in [-0.4, -0.2) is 27.8 Å². The van der Waals surface area contributed by atoms with Crippen molar-refractivity contribution in [2.45, 2.75) is 13.5 Å². The van der Waals surface area contributed by atoms with Gasteiger partial charge in [-0.3, -0.25) is 0 Å². The van der Waals surface area contributed by atoms with E-state index in [1.807, 2.05) is 54.6 Å². The molecule has 0 saturated carbocycles. The lowest BCUT2D eigenvalue weighted by atomic mass is 10.1. The summed E-state index contributed by atoms with van der Waals surface area (Å²) in [6, 6.07) is 18.4. The Balaban J connectivity index is 1.63. The number of carbonyl (C=O) groups excluding carboxylic acids is 1. The zero-order chi connectivity index (χ0) is 20.4. The SMILES string of the molecule is COC(=O)c1cc(C)nc2c1c(F)nn2Cc1ccc(Oc2ccccc2)cc1. The largest absolute Gasteiger partial charge is 0.465 e. The second kappa shape index (κ2) is 7.71. The van der Waals surface area contributed by atoms with Crippen molar-refractivity contribution < 1.29 is 18.7 Å². The van der Waals surface area contributed by atoms with Crippen LogP contribution in [0.3, 0.4) is 0 Å². The molecule has 6 nitrogen and oxygen atoms in total. The van der Waals surface area contributed by atoms with E-state index in [4.69, 9.17) is 9.47 Å². The van der Waals surface area contributed by atoms with Crippen molar-refractivity contribution >= 4 is 17.0 Å². The molecule has 7 heteroatoms. The number of hydrogen-bond donors (Lipinski definition) is 0. The molecular formula is C22H18FN3O3. The molecule has 146 valence electrons. The van der Waals surface area contributed by atoms with Gasteiger partial charge in [-0.25, -0.2) is 14.5 Å². The Morgan fingerprint density at radius 3 is 2.45 bits per heavy atom. The molecule has 0 aliphatic rings. The first-order chi connectivity index (χ1) is 14.0. The number of carbonyl (C=O) groups is 1. The monoisotopic (exact) mass is 391 g/mol. The summed E-state index contributed by atoms with van der Waals surface area (Å²) >= 11 is 0. The Morgan fingerprint density at radius 1 is 1.07 bits per heavy atom. The molecule has 0 aliphatic carbocycles. The summed E-state index contributed by atoms with van der Waals surface area (Å²) < 4.78 is 26.5. The van der Waals surface area contributed by atoms with Crippen LogP contribution in [0.5, 0.6) is 11.5 Å². The normalized spacial score (nSPS) is 10.9. The van der Waals surface area contributed by atoms with Crippen LogP contribution in [0.15, 0.2) is 60.7 Å². The molecule has 2 aromatic heterocycles. The number of esters is 1. The summed E-state index contributed by atoms with van der Waals surface area (Å²) in [5.41, 5.74) is 1.88. The molecule has 0 amide bonds. The zero-order valence-corrected chi connectivity index (χ0v) is 15.9. The third-order valence-electron chi connectivity index (χ3n) is 4.43. The second-order valence-electron chi connectivity index (χ2n) is 6.51. The predicted molar refractivity (Wildman–Crippen MR) is 106 cm³/mol. The fourth-order valence-corrected chi connectivity index (χ4v) is 3.09. The van der Waals surface area contributed by atoms with E-state index in [0.29, 0.717) is 23.6 Å². The Morgan fingerprint density at radius 2 is 1.76 bits per heavy atom. The number of rotatable bonds is 5. The molecule has 4 rings (SSSR count). The van der Waals surface area contributed by atoms with E-state index in [1.165, 1.54) is 17.9 Å². The molecule has 4 aromatic rings. The summed E-state index contributed by atoms with van der Waals surface area (Å²) in [7, 11) is 1.26. The smallest absolute Gasteiger partial charge is 0.338 e. The summed E-state index contributed by atoms with van der Waals surface area (Å²) in [4.78, 5) is 16.4. The van der Waals surface area contributed by atoms with E-state index in [-0.39, 0.29) is 10.9 Å². The zero-order valence-electron chi connectivity index (χ0n) is 15.9. The van der Waals surface area contributed by atoms with Gasteiger partial charge in [0, 0.05) is 5.69 Å². The minimum absolute atomic E-state index is 0.0616. The first-order valence-corrected chi connectivity index (χ1v) is 8.99. The minimum atomic E-state index is -0.753. The number of hydrogen-bond acceptors (Lipinski definition) is 5. The highest BCUT2D eigenvalue weighted by molar-refractivity contribution is 6.02. The maximum Gasteiger partial charge on any atom is 0.338 e. The van der Waals surface area contributed by atoms with Gasteiger partial charge in [-0.1, -0.05) is 30.3 Å². The van der Waals surface area contributed by atoms with Gasteiger partial charge in [0.1, 0.15) is 11.5 Å². The molecule has 29 heavy (non-hydrogen) atoms. The topological polar surface area (TPSA) is 66.2 Å². The van der Waals surface area contributed by atoms with Crippen molar-refractivity contribution in [3.63, 3.8) is 0 Å². The average molecular weight is 391 g/mol. The van der Waals surface area contributed by atoms with Gasteiger partial charge in [0.05, 0.1) is 24.6 Å². The number of pyridine rings is 1. The number of ether oxygens (including phenoxy) is 2. The van der Waals surface area contributed by atoms with Crippen LogP contribution in [0.2, 0.25) is 0 Å². The van der Waals surface area contributed by atoms with Gasteiger partial charge < -0.3 is 9.47 Å². The molecule has 2 heterocycles. The maximum atomic E-state index is 14.5. The van der Waals surface area contributed by atoms with E-state index in [2.05, 4.69) is 10.1 Å². The van der Waals surface area contributed by atoms with Crippen molar-refractivity contribution in [2.75, 3.05) is 7.11 Å². The van der Waals surface area contributed by atoms with E-state index >= 15 is 0 Å². The molecule has 0 bridgehead atoms. The van der Waals surface area contributed by atoms with E-state index in [0.717, 1.165) is 11.3 Å². The van der Waals surface area contributed by atoms with Crippen molar-refractivity contribution in [3.05, 3.63) is 83.4 Å². The first kappa shape index (κ1) is 18.6. The fraction of sp³-hybridized carbons (Fsp3) is 0.136. The third-order valence-corrected chi connectivity index (χ3v) is 4.43. The Kier molecular flexibility index (Phi) is 4.95. The highest BCUT2D eigenvalue weighted by atomic mass is 19.1. The van der Waals surface area contributed by atoms with Crippen LogP contribution in [0.4, 0.5) is 4.39 Å². The Labute approximate surface area is 166 Å². The molecule has 0 radical (unpaired) electrons. The molecular weight excluding hydrogens is 373 g/mol. The molecule has 0 fully saturated rings. The standard InChI is InChI=1S/C22H18FN3O3/c1-14-12-18(22(27)28-2)19-20(23)25-26(21(19)24-14)13-15-8-10-17(11-9-15)29-16-6-4-3-5-7-16/h3-12H,13H2,1-2H3. The molecule has 0 unspecified atom stereocenters. The van der Waals surface area contributed by atoms with E-state index in [1.54, 1.807) is 6.92 Å². The van der Waals surface area contributed by atoms with Crippen LogP contribution in [0, 0.1) is 12.9 Å². The van der Waals surface area contributed by atoms with Crippen LogP contribution in [-0.2, 0) is 11.3 Å². The maximum absolute atomic E-state index is 14.5. The summed E-state index contributed by atoms with van der Waals surface area (Å²) in [6.45, 7) is 2.03.